The highest BCUT2D eigenvalue weighted by Gasteiger charge is 2.14. The number of hydrogen-bond donors (Lipinski definition) is 2. The minimum Gasteiger partial charge on any atom is -0.465 e. The van der Waals surface area contributed by atoms with Gasteiger partial charge in [-0.1, -0.05) is 6.92 Å². The first-order valence-electron chi connectivity index (χ1n) is 5.43. The second kappa shape index (κ2) is 8.51. The van der Waals surface area contributed by atoms with Gasteiger partial charge in [0, 0.05) is 7.05 Å². The van der Waals surface area contributed by atoms with Crippen molar-refractivity contribution in [2.24, 2.45) is 0 Å². The number of rotatable bonds is 6. The summed E-state index contributed by atoms with van der Waals surface area (Å²) in [5.41, 5.74) is 0. The van der Waals surface area contributed by atoms with Crippen LogP contribution in [-0.4, -0.2) is 56.1 Å². The summed E-state index contributed by atoms with van der Waals surface area (Å²) < 4.78 is 4.77. The van der Waals surface area contributed by atoms with Gasteiger partial charge in [0.05, 0.1) is 19.7 Å². The zero-order valence-corrected chi connectivity index (χ0v) is 10.4. The molecule has 3 amide bonds. The quantitative estimate of drug-likeness (QED) is 0.606. The monoisotopic (exact) mass is 245 g/mol. The molecule has 98 valence electrons. The Morgan fingerprint density at radius 1 is 1.18 bits per heavy atom. The van der Waals surface area contributed by atoms with E-state index in [0.29, 0.717) is 13.2 Å². The number of amides is 3. The van der Waals surface area contributed by atoms with Crippen molar-refractivity contribution in [3.05, 3.63) is 0 Å². The topological polar surface area (TPSA) is 87.7 Å². The van der Waals surface area contributed by atoms with Gasteiger partial charge in [-0.3, -0.25) is 19.8 Å². The van der Waals surface area contributed by atoms with Crippen LogP contribution in [0.4, 0.5) is 4.79 Å². The molecular weight excluding hydrogens is 226 g/mol. The lowest BCUT2D eigenvalue weighted by atomic mass is 10.4. The van der Waals surface area contributed by atoms with Gasteiger partial charge in [-0.05, 0) is 13.5 Å². The zero-order valence-electron chi connectivity index (χ0n) is 10.4. The van der Waals surface area contributed by atoms with Crippen LogP contribution in [0.15, 0.2) is 0 Å². The number of hydrogen-bond acceptors (Lipinski definition) is 5. The van der Waals surface area contributed by atoms with Gasteiger partial charge in [-0.25, -0.2) is 4.79 Å². The Morgan fingerprint density at radius 3 is 2.29 bits per heavy atom. The first-order valence-corrected chi connectivity index (χ1v) is 5.43. The van der Waals surface area contributed by atoms with Crippen molar-refractivity contribution in [2.45, 2.75) is 13.8 Å². The van der Waals surface area contributed by atoms with E-state index >= 15 is 0 Å². The van der Waals surface area contributed by atoms with Gasteiger partial charge in [0.1, 0.15) is 0 Å². The van der Waals surface area contributed by atoms with E-state index in [1.165, 1.54) is 7.05 Å². The van der Waals surface area contributed by atoms with Crippen LogP contribution < -0.4 is 10.6 Å². The summed E-state index contributed by atoms with van der Waals surface area (Å²) in [7, 11) is 1.42. The zero-order chi connectivity index (χ0) is 13.3. The highest BCUT2D eigenvalue weighted by atomic mass is 16.5. The predicted molar refractivity (Wildman–Crippen MR) is 61.3 cm³/mol. The van der Waals surface area contributed by atoms with Crippen LogP contribution in [-0.2, 0) is 14.3 Å². The normalized spacial score (nSPS) is 9.88. The summed E-state index contributed by atoms with van der Waals surface area (Å²) in [6, 6.07) is -0.567. The Hall–Kier alpha value is -1.63. The number of nitrogens with zero attached hydrogens (tertiary/aromatic N) is 1. The average Bonchev–Trinajstić information content (AvgIpc) is 2.28. The minimum atomic E-state index is -0.567. The maximum atomic E-state index is 11.4. The van der Waals surface area contributed by atoms with E-state index in [1.807, 2.05) is 6.92 Å². The Labute approximate surface area is 100 Å². The maximum absolute atomic E-state index is 11.4. The van der Waals surface area contributed by atoms with Crippen LogP contribution in [0, 0.1) is 0 Å². The van der Waals surface area contributed by atoms with E-state index < -0.39 is 11.9 Å². The van der Waals surface area contributed by atoms with Crippen molar-refractivity contribution in [1.29, 1.82) is 0 Å². The number of esters is 1. The lowest BCUT2D eigenvalue weighted by Gasteiger charge is -2.18. The number of urea groups is 1. The third-order valence-corrected chi connectivity index (χ3v) is 1.95. The van der Waals surface area contributed by atoms with Crippen LogP contribution in [0.5, 0.6) is 0 Å². The largest absolute Gasteiger partial charge is 0.465 e. The van der Waals surface area contributed by atoms with Crippen LogP contribution in [0.3, 0.4) is 0 Å². The van der Waals surface area contributed by atoms with Crippen molar-refractivity contribution in [3.8, 4) is 0 Å². The molecule has 0 aliphatic rings. The molecule has 0 bridgehead atoms. The van der Waals surface area contributed by atoms with Gasteiger partial charge < -0.3 is 10.1 Å². The third-order valence-electron chi connectivity index (χ3n) is 1.95. The summed E-state index contributed by atoms with van der Waals surface area (Å²) in [6.45, 7) is 4.36. The molecule has 0 saturated heterocycles. The summed E-state index contributed by atoms with van der Waals surface area (Å²) in [5, 5.41) is 4.38. The minimum absolute atomic E-state index is 0.0251. The fraction of sp³-hybridized carbons (Fsp3) is 0.700. The number of imide groups is 1. The molecule has 0 atom stereocenters. The smallest absolute Gasteiger partial charge is 0.321 e. The van der Waals surface area contributed by atoms with Crippen molar-refractivity contribution in [2.75, 3.05) is 33.3 Å². The number of nitrogens with one attached hydrogen (secondary N) is 2. The molecule has 0 unspecified atom stereocenters. The molecule has 0 saturated carbocycles. The molecule has 0 aromatic heterocycles. The molecule has 0 fully saturated rings. The molecule has 0 aliphatic heterocycles. The van der Waals surface area contributed by atoms with Crippen LogP contribution in [0.25, 0.3) is 0 Å². The van der Waals surface area contributed by atoms with Crippen LogP contribution in [0.1, 0.15) is 13.8 Å². The molecule has 0 radical (unpaired) electrons. The second-order valence-electron chi connectivity index (χ2n) is 3.24. The van der Waals surface area contributed by atoms with Gasteiger partial charge in [0.2, 0.25) is 5.91 Å². The molecule has 7 nitrogen and oxygen atoms in total. The SMILES string of the molecule is CCOC(=O)CN(CC)CC(=O)NC(=O)NC. The molecule has 0 spiro atoms. The molecule has 7 heteroatoms. The lowest BCUT2D eigenvalue weighted by molar-refractivity contribution is -0.144. The van der Waals surface area contributed by atoms with E-state index in [0.717, 1.165) is 0 Å². The Kier molecular flexibility index (Phi) is 7.70. The number of carbonyl (C=O) groups is 3. The highest BCUT2D eigenvalue weighted by molar-refractivity contribution is 5.95. The van der Waals surface area contributed by atoms with Crippen molar-refractivity contribution >= 4 is 17.9 Å². The number of likely N-dealkylation sites (N-methyl/N-ethyl adjacent to an activating group) is 1. The molecule has 0 aromatic carbocycles. The molecule has 17 heavy (non-hydrogen) atoms. The number of carbonyl (C=O) groups excluding carboxylic acids is 3. The van der Waals surface area contributed by atoms with E-state index in [2.05, 4.69) is 10.6 Å². The van der Waals surface area contributed by atoms with E-state index in [-0.39, 0.29) is 19.1 Å². The van der Waals surface area contributed by atoms with Gasteiger partial charge in [-0.2, -0.15) is 0 Å². The third kappa shape index (κ3) is 7.29. The first-order chi connectivity index (χ1) is 8.03. The fourth-order valence-corrected chi connectivity index (χ4v) is 1.10. The van der Waals surface area contributed by atoms with Crippen LogP contribution in [0.2, 0.25) is 0 Å². The molecular formula is C10H19N3O4. The van der Waals surface area contributed by atoms with Gasteiger partial charge in [-0.15, -0.1) is 0 Å². The predicted octanol–water partition coefficient (Wildman–Crippen LogP) is -0.673. The van der Waals surface area contributed by atoms with E-state index in [4.69, 9.17) is 4.74 Å². The summed E-state index contributed by atoms with van der Waals surface area (Å²) in [5.74, 6) is -0.849. The van der Waals surface area contributed by atoms with Crippen molar-refractivity contribution in [3.63, 3.8) is 0 Å². The lowest BCUT2D eigenvalue weighted by Crippen LogP contribution is -2.44. The van der Waals surface area contributed by atoms with Crippen LogP contribution >= 0.6 is 0 Å². The summed E-state index contributed by atoms with van der Waals surface area (Å²) >= 11 is 0. The summed E-state index contributed by atoms with van der Waals surface area (Å²) in [4.78, 5) is 35.0. The molecule has 0 aliphatic carbocycles. The molecule has 0 rings (SSSR count). The van der Waals surface area contributed by atoms with Gasteiger partial charge >= 0.3 is 12.0 Å². The van der Waals surface area contributed by atoms with Gasteiger partial charge in [0.25, 0.3) is 0 Å². The standard InChI is InChI=1S/C10H19N3O4/c1-4-13(7-9(15)17-5-2)6-8(14)12-10(16)11-3/h4-7H2,1-3H3,(H2,11,12,14,16). The highest BCUT2D eigenvalue weighted by Crippen LogP contribution is 1.90. The van der Waals surface area contributed by atoms with Gasteiger partial charge in [0.15, 0.2) is 0 Å². The second-order valence-corrected chi connectivity index (χ2v) is 3.24. The fourth-order valence-electron chi connectivity index (χ4n) is 1.10. The Morgan fingerprint density at radius 2 is 1.82 bits per heavy atom. The van der Waals surface area contributed by atoms with E-state index in [1.54, 1.807) is 11.8 Å². The summed E-state index contributed by atoms with van der Waals surface area (Å²) in [6.07, 6.45) is 0. The van der Waals surface area contributed by atoms with Crippen molar-refractivity contribution < 1.29 is 19.1 Å². The molecule has 2 N–H and O–H groups in total. The Balaban J connectivity index is 4.07. The maximum Gasteiger partial charge on any atom is 0.321 e. The molecule has 0 aromatic rings. The Bertz CT molecular complexity index is 281. The number of ether oxygens (including phenoxy) is 1. The van der Waals surface area contributed by atoms with E-state index in [9.17, 15) is 14.4 Å². The van der Waals surface area contributed by atoms with Crippen molar-refractivity contribution in [1.82, 2.24) is 15.5 Å². The average molecular weight is 245 g/mol. The molecule has 0 heterocycles. The first kappa shape index (κ1) is 15.4.